The molecule has 2 unspecified atom stereocenters. The molecular weight excluding hydrogens is 318 g/mol. The van der Waals surface area contributed by atoms with Crippen molar-refractivity contribution in [2.45, 2.75) is 37.8 Å². The first kappa shape index (κ1) is 12.6. The minimum atomic E-state index is 0.505. The Kier molecular flexibility index (Phi) is 3.15. The summed E-state index contributed by atoms with van der Waals surface area (Å²) in [6.07, 6.45) is 7.04. The van der Waals surface area contributed by atoms with Gasteiger partial charge in [0.1, 0.15) is 0 Å². The average molecular weight is 336 g/mol. The molecule has 0 spiro atoms. The molecule has 5 nitrogen and oxygen atoms in total. The monoisotopic (exact) mass is 335 g/mol. The Labute approximate surface area is 126 Å². The highest BCUT2D eigenvalue weighted by Crippen LogP contribution is 2.28. The van der Waals surface area contributed by atoms with Gasteiger partial charge in [0.2, 0.25) is 5.95 Å². The molecule has 2 aliphatic heterocycles. The summed E-state index contributed by atoms with van der Waals surface area (Å²) in [5.41, 5.74) is 0.869. The zero-order chi connectivity index (χ0) is 13.5. The van der Waals surface area contributed by atoms with Gasteiger partial charge in [-0.1, -0.05) is 0 Å². The third-order valence-electron chi connectivity index (χ3n) is 4.47. The molecule has 2 saturated heterocycles. The minimum Gasteiger partial charge on any atom is -0.350 e. The molecule has 2 aromatic heterocycles. The smallest absolute Gasteiger partial charge is 0.243 e. The summed E-state index contributed by atoms with van der Waals surface area (Å²) in [7, 11) is 0. The molecule has 0 saturated carbocycles. The van der Waals surface area contributed by atoms with E-state index in [2.05, 4.69) is 36.2 Å². The first-order valence-corrected chi connectivity index (χ1v) is 8.10. The van der Waals surface area contributed by atoms with Crippen LogP contribution in [0.5, 0.6) is 0 Å². The van der Waals surface area contributed by atoms with Crippen LogP contribution in [0.3, 0.4) is 0 Å². The van der Waals surface area contributed by atoms with E-state index in [-0.39, 0.29) is 0 Å². The molecule has 1 N–H and O–H groups in total. The van der Waals surface area contributed by atoms with E-state index in [0.717, 1.165) is 22.1 Å². The van der Waals surface area contributed by atoms with E-state index >= 15 is 0 Å². The normalized spacial score (nSPS) is 26.9. The molecule has 2 atom stereocenters. The van der Waals surface area contributed by atoms with Crippen LogP contribution >= 0.6 is 15.9 Å². The molecule has 2 fully saturated rings. The van der Waals surface area contributed by atoms with Crippen LogP contribution in [0.15, 0.2) is 22.8 Å². The SMILES string of the molecule is Brc1cccn2nc(NC3CCN4CCCC4C3)nc12. The Balaban J connectivity index is 1.51. The first-order valence-electron chi connectivity index (χ1n) is 7.31. The fourth-order valence-electron chi connectivity index (χ4n) is 3.47. The van der Waals surface area contributed by atoms with Crippen molar-refractivity contribution >= 4 is 27.5 Å². The molecule has 2 aliphatic rings. The summed E-state index contributed by atoms with van der Waals surface area (Å²) in [5.74, 6) is 0.744. The Hall–Kier alpha value is -1.14. The van der Waals surface area contributed by atoms with Gasteiger partial charge in [-0.3, -0.25) is 0 Å². The number of hydrogen-bond acceptors (Lipinski definition) is 4. The average Bonchev–Trinajstić information content (AvgIpc) is 3.05. The van der Waals surface area contributed by atoms with Crippen molar-refractivity contribution in [1.29, 1.82) is 0 Å². The van der Waals surface area contributed by atoms with Crippen LogP contribution in [0.2, 0.25) is 0 Å². The number of aromatic nitrogens is 3. The van der Waals surface area contributed by atoms with Gasteiger partial charge in [0.15, 0.2) is 5.65 Å². The zero-order valence-electron chi connectivity index (χ0n) is 11.3. The van der Waals surface area contributed by atoms with Gasteiger partial charge >= 0.3 is 0 Å². The second-order valence-electron chi connectivity index (χ2n) is 5.76. The van der Waals surface area contributed by atoms with Crippen molar-refractivity contribution in [3.05, 3.63) is 22.8 Å². The first-order chi connectivity index (χ1) is 9.79. The lowest BCUT2D eigenvalue weighted by Crippen LogP contribution is -2.42. The largest absolute Gasteiger partial charge is 0.350 e. The van der Waals surface area contributed by atoms with Gasteiger partial charge in [-0.05, 0) is 60.3 Å². The highest BCUT2D eigenvalue weighted by Gasteiger charge is 2.31. The third kappa shape index (κ3) is 2.20. The fourth-order valence-corrected chi connectivity index (χ4v) is 3.90. The molecule has 20 heavy (non-hydrogen) atoms. The van der Waals surface area contributed by atoms with Crippen LogP contribution in [-0.2, 0) is 0 Å². The standard InChI is InChI=1S/C14H18BrN5/c15-12-4-2-7-20-13(12)17-14(18-20)16-10-5-8-19-6-1-3-11(19)9-10/h2,4,7,10-11H,1,3,5-6,8-9H2,(H,16,18). The predicted molar refractivity (Wildman–Crippen MR) is 81.9 cm³/mol. The molecule has 106 valence electrons. The topological polar surface area (TPSA) is 45.5 Å². The second kappa shape index (κ2) is 5.00. The van der Waals surface area contributed by atoms with Crippen molar-refractivity contribution in [2.75, 3.05) is 18.4 Å². The van der Waals surface area contributed by atoms with E-state index in [9.17, 15) is 0 Å². The minimum absolute atomic E-state index is 0.505. The second-order valence-corrected chi connectivity index (χ2v) is 6.61. The van der Waals surface area contributed by atoms with E-state index in [1.165, 1.54) is 38.8 Å². The number of pyridine rings is 1. The number of nitrogens with one attached hydrogen (secondary N) is 1. The number of piperidine rings is 1. The van der Waals surface area contributed by atoms with Crippen molar-refractivity contribution in [1.82, 2.24) is 19.5 Å². The lowest BCUT2D eigenvalue weighted by atomic mass is 9.98. The van der Waals surface area contributed by atoms with Crippen LogP contribution in [-0.4, -0.2) is 44.7 Å². The number of halogens is 1. The van der Waals surface area contributed by atoms with E-state index in [4.69, 9.17) is 0 Å². The summed E-state index contributed by atoms with van der Waals surface area (Å²) in [6, 6.07) is 5.23. The molecule has 0 aliphatic carbocycles. The van der Waals surface area contributed by atoms with Crippen LogP contribution < -0.4 is 5.32 Å². The summed E-state index contributed by atoms with van der Waals surface area (Å²) in [4.78, 5) is 7.20. The Morgan fingerprint density at radius 2 is 2.25 bits per heavy atom. The van der Waals surface area contributed by atoms with Gasteiger partial charge in [0.25, 0.3) is 0 Å². The Morgan fingerprint density at radius 1 is 1.30 bits per heavy atom. The van der Waals surface area contributed by atoms with E-state index in [0.29, 0.717) is 6.04 Å². The van der Waals surface area contributed by atoms with Crippen molar-refractivity contribution < 1.29 is 0 Å². The maximum absolute atomic E-state index is 4.57. The van der Waals surface area contributed by atoms with Crippen molar-refractivity contribution in [3.63, 3.8) is 0 Å². The Morgan fingerprint density at radius 3 is 3.15 bits per heavy atom. The maximum Gasteiger partial charge on any atom is 0.243 e. The van der Waals surface area contributed by atoms with Gasteiger partial charge in [-0.15, -0.1) is 5.10 Å². The molecule has 0 aromatic carbocycles. The van der Waals surface area contributed by atoms with Gasteiger partial charge < -0.3 is 10.2 Å². The van der Waals surface area contributed by atoms with Crippen molar-refractivity contribution in [3.8, 4) is 0 Å². The summed E-state index contributed by atoms with van der Waals surface area (Å²) >= 11 is 3.51. The molecular formula is C14H18BrN5. The fraction of sp³-hybridized carbons (Fsp3) is 0.571. The van der Waals surface area contributed by atoms with Crippen LogP contribution in [0, 0.1) is 0 Å². The molecule has 0 amide bonds. The number of rotatable bonds is 2. The van der Waals surface area contributed by atoms with Crippen LogP contribution in [0.1, 0.15) is 25.7 Å². The summed E-state index contributed by atoms with van der Waals surface area (Å²) < 4.78 is 2.79. The van der Waals surface area contributed by atoms with Crippen LogP contribution in [0.4, 0.5) is 5.95 Å². The molecule has 2 aromatic rings. The van der Waals surface area contributed by atoms with Gasteiger partial charge in [0.05, 0.1) is 4.47 Å². The van der Waals surface area contributed by atoms with E-state index < -0.39 is 0 Å². The zero-order valence-corrected chi connectivity index (χ0v) is 12.9. The number of fused-ring (bicyclic) bond motifs is 2. The van der Waals surface area contributed by atoms with Crippen molar-refractivity contribution in [2.24, 2.45) is 0 Å². The van der Waals surface area contributed by atoms with E-state index in [1.54, 1.807) is 0 Å². The molecule has 4 heterocycles. The van der Waals surface area contributed by atoms with Gasteiger partial charge in [0, 0.05) is 24.8 Å². The molecule has 4 rings (SSSR count). The maximum atomic E-state index is 4.57. The lowest BCUT2D eigenvalue weighted by molar-refractivity contribution is 0.188. The van der Waals surface area contributed by atoms with Gasteiger partial charge in [-0.2, -0.15) is 4.98 Å². The quantitative estimate of drug-likeness (QED) is 0.915. The van der Waals surface area contributed by atoms with Crippen LogP contribution in [0.25, 0.3) is 5.65 Å². The number of nitrogens with zero attached hydrogens (tertiary/aromatic N) is 4. The number of anilines is 1. The van der Waals surface area contributed by atoms with Gasteiger partial charge in [-0.25, -0.2) is 4.52 Å². The predicted octanol–water partition coefficient (Wildman–Crippen LogP) is 2.53. The summed E-state index contributed by atoms with van der Waals surface area (Å²) in [6.45, 7) is 2.50. The highest BCUT2D eigenvalue weighted by molar-refractivity contribution is 9.10. The third-order valence-corrected chi connectivity index (χ3v) is 5.09. The molecule has 6 heteroatoms. The number of hydrogen-bond donors (Lipinski definition) is 1. The Bertz CT molecular complexity index is 625. The summed E-state index contributed by atoms with van der Waals surface area (Å²) in [5, 5.41) is 8.02. The van der Waals surface area contributed by atoms with E-state index in [1.807, 2.05) is 22.8 Å². The highest BCUT2D eigenvalue weighted by atomic mass is 79.9. The lowest BCUT2D eigenvalue weighted by Gasteiger charge is -2.34. The molecule has 0 bridgehead atoms. The molecule has 0 radical (unpaired) electrons.